The smallest absolute Gasteiger partial charge is 0.156 e. The minimum Gasteiger partial charge on any atom is -0.371 e. The summed E-state index contributed by atoms with van der Waals surface area (Å²) in [5.41, 5.74) is 9.74. The number of nitrogens with one attached hydrogen (secondary N) is 1. The van der Waals surface area contributed by atoms with Crippen LogP contribution in [0.3, 0.4) is 0 Å². The lowest BCUT2D eigenvalue weighted by molar-refractivity contribution is -0.133. The van der Waals surface area contributed by atoms with Gasteiger partial charge in [-0.1, -0.05) is 0 Å². The zero-order valence-corrected chi connectivity index (χ0v) is 21.2. The number of fused-ring (bicyclic) bond motifs is 3. The van der Waals surface area contributed by atoms with Crippen LogP contribution in [0.25, 0.3) is 33.5 Å². The van der Waals surface area contributed by atoms with Crippen molar-refractivity contribution < 1.29 is 4.74 Å². The minimum atomic E-state index is 0.395. The zero-order valence-electron chi connectivity index (χ0n) is 21.2. The Morgan fingerprint density at radius 3 is 2.44 bits per heavy atom. The third-order valence-electron chi connectivity index (χ3n) is 8.22. The second-order valence-corrected chi connectivity index (χ2v) is 10.9. The molecule has 0 spiro atoms. The predicted molar refractivity (Wildman–Crippen MR) is 141 cm³/mol. The molecule has 2 unspecified atom stereocenters. The number of ether oxygens (including phenoxy) is 1. The van der Waals surface area contributed by atoms with Crippen molar-refractivity contribution in [2.75, 3.05) is 38.1 Å². The van der Waals surface area contributed by atoms with Crippen molar-refractivity contribution in [2.45, 2.75) is 51.4 Å². The van der Waals surface area contributed by atoms with Crippen molar-refractivity contribution in [3.8, 4) is 22.4 Å². The SMILES string of the molecule is Cc1cc(-c2cnc3[nH]cc(-c4cnn(C5CCN(C)CC5)c4)c3n2)cc(C)c1N1CC2CC(C1)O2. The predicted octanol–water partition coefficient (Wildman–Crippen LogP) is 4.35. The molecule has 2 atom stereocenters. The summed E-state index contributed by atoms with van der Waals surface area (Å²) < 4.78 is 7.99. The molecule has 0 radical (unpaired) electrons. The number of benzene rings is 1. The van der Waals surface area contributed by atoms with Gasteiger partial charge >= 0.3 is 0 Å². The van der Waals surface area contributed by atoms with E-state index in [9.17, 15) is 0 Å². The van der Waals surface area contributed by atoms with Crippen molar-refractivity contribution in [2.24, 2.45) is 0 Å². The maximum absolute atomic E-state index is 5.85. The number of likely N-dealkylation sites (tertiary alicyclic amines) is 1. The summed E-state index contributed by atoms with van der Waals surface area (Å²) in [5, 5.41) is 4.72. The van der Waals surface area contributed by atoms with Crippen LogP contribution in [0.2, 0.25) is 0 Å². The first-order valence-corrected chi connectivity index (χ1v) is 13.1. The molecule has 8 heteroatoms. The maximum atomic E-state index is 5.85. The minimum absolute atomic E-state index is 0.395. The summed E-state index contributed by atoms with van der Waals surface area (Å²) in [5.74, 6) is 0. The fourth-order valence-electron chi connectivity index (χ4n) is 6.33. The second kappa shape index (κ2) is 8.42. The van der Waals surface area contributed by atoms with Gasteiger partial charge in [0.05, 0.1) is 36.3 Å². The molecule has 3 aromatic heterocycles. The Morgan fingerprint density at radius 2 is 1.72 bits per heavy atom. The number of nitrogens with zero attached hydrogens (tertiary/aromatic N) is 6. The number of anilines is 1. The van der Waals surface area contributed by atoms with E-state index in [0.717, 1.165) is 72.6 Å². The van der Waals surface area contributed by atoms with Gasteiger partial charge < -0.3 is 19.5 Å². The molecule has 1 aromatic carbocycles. The fourth-order valence-corrected chi connectivity index (χ4v) is 6.33. The summed E-state index contributed by atoms with van der Waals surface area (Å²) in [6.07, 6.45) is 12.3. The van der Waals surface area contributed by atoms with E-state index in [4.69, 9.17) is 19.8 Å². The van der Waals surface area contributed by atoms with Gasteiger partial charge in [-0.3, -0.25) is 4.68 Å². The zero-order chi connectivity index (χ0) is 24.4. The molecular weight excluding hydrogens is 450 g/mol. The second-order valence-electron chi connectivity index (χ2n) is 10.9. The van der Waals surface area contributed by atoms with Crippen molar-refractivity contribution in [1.82, 2.24) is 29.6 Å². The lowest BCUT2D eigenvalue weighted by Crippen LogP contribution is -2.57. The molecule has 36 heavy (non-hydrogen) atoms. The molecule has 1 N–H and O–H groups in total. The number of aromatic amines is 1. The Kier molecular flexibility index (Phi) is 5.15. The van der Waals surface area contributed by atoms with Crippen LogP contribution in [0.5, 0.6) is 0 Å². The van der Waals surface area contributed by atoms with Crippen molar-refractivity contribution in [3.63, 3.8) is 0 Å². The maximum Gasteiger partial charge on any atom is 0.156 e. The van der Waals surface area contributed by atoms with Crippen LogP contribution in [-0.2, 0) is 4.74 Å². The molecule has 7 heterocycles. The van der Waals surface area contributed by atoms with Crippen LogP contribution >= 0.6 is 0 Å². The number of hydrogen-bond acceptors (Lipinski definition) is 6. The number of H-pyrrole nitrogens is 1. The molecule has 8 rings (SSSR count). The van der Waals surface area contributed by atoms with Crippen LogP contribution in [-0.4, -0.2) is 75.1 Å². The van der Waals surface area contributed by atoms with Gasteiger partial charge in [-0.05, 0) is 70.1 Å². The molecule has 4 saturated heterocycles. The molecule has 0 amide bonds. The Bertz CT molecular complexity index is 1390. The van der Waals surface area contributed by atoms with Crippen molar-refractivity contribution in [3.05, 3.63) is 48.0 Å². The van der Waals surface area contributed by atoms with Crippen molar-refractivity contribution in [1.29, 1.82) is 0 Å². The molecule has 186 valence electrons. The van der Waals surface area contributed by atoms with Gasteiger partial charge in [-0.15, -0.1) is 0 Å². The van der Waals surface area contributed by atoms with Gasteiger partial charge in [-0.2, -0.15) is 5.10 Å². The topological polar surface area (TPSA) is 75.1 Å². The molecule has 4 aliphatic rings. The van der Waals surface area contributed by atoms with E-state index in [-0.39, 0.29) is 0 Å². The summed E-state index contributed by atoms with van der Waals surface area (Å²) >= 11 is 0. The number of aryl methyl sites for hydroxylation is 2. The van der Waals surface area contributed by atoms with Gasteiger partial charge in [0.2, 0.25) is 0 Å². The van der Waals surface area contributed by atoms with Crippen LogP contribution in [0.4, 0.5) is 5.69 Å². The highest BCUT2D eigenvalue weighted by atomic mass is 16.5. The highest BCUT2D eigenvalue weighted by Gasteiger charge is 2.39. The van der Waals surface area contributed by atoms with E-state index >= 15 is 0 Å². The van der Waals surface area contributed by atoms with E-state index < -0.39 is 0 Å². The molecule has 0 aliphatic carbocycles. The highest BCUT2D eigenvalue weighted by molar-refractivity contribution is 5.91. The Balaban J connectivity index is 1.20. The largest absolute Gasteiger partial charge is 0.371 e. The average Bonchev–Trinajstić information content (AvgIpc) is 3.50. The molecule has 4 aromatic rings. The van der Waals surface area contributed by atoms with E-state index in [2.05, 4.69) is 58.7 Å². The number of hydrogen-bond donors (Lipinski definition) is 1. The van der Waals surface area contributed by atoms with Gasteiger partial charge in [0.15, 0.2) is 5.65 Å². The first kappa shape index (κ1) is 22.0. The van der Waals surface area contributed by atoms with Crippen LogP contribution in [0, 0.1) is 13.8 Å². The number of morpholine rings is 1. The van der Waals surface area contributed by atoms with Gasteiger partial charge in [-0.25, -0.2) is 9.97 Å². The van der Waals surface area contributed by atoms with Gasteiger partial charge in [0, 0.05) is 54.3 Å². The summed E-state index contributed by atoms with van der Waals surface area (Å²) in [4.78, 5) is 18.0. The Hall–Kier alpha value is -3.23. The molecule has 2 bridgehead atoms. The van der Waals surface area contributed by atoms with E-state index in [1.54, 1.807) is 0 Å². The molecular formula is C28H33N7O. The molecule has 4 aliphatic heterocycles. The third kappa shape index (κ3) is 3.71. The number of piperidine rings is 2. The lowest BCUT2D eigenvalue weighted by atomic mass is 9.95. The monoisotopic (exact) mass is 483 g/mol. The first-order valence-electron chi connectivity index (χ1n) is 13.1. The van der Waals surface area contributed by atoms with Gasteiger partial charge in [0.25, 0.3) is 0 Å². The van der Waals surface area contributed by atoms with E-state index in [1.807, 2.05) is 18.6 Å². The van der Waals surface area contributed by atoms with Crippen LogP contribution in [0.1, 0.15) is 36.4 Å². The first-order chi connectivity index (χ1) is 17.5. The summed E-state index contributed by atoms with van der Waals surface area (Å²) in [7, 11) is 2.19. The standard InChI is InChI=1S/C28H33N7O/c1-17-8-19(9-18(2)27(17)34-15-22-10-23(16-34)36-22)25-13-30-28-26(32-25)24(12-29-28)20-11-31-35(14-20)21-4-6-33(3)7-5-21/h8-9,11-14,21-23H,4-7,10,15-16H2,1-3H3,(H,29,30). The molecule has 8 nitrogen and oxygen atoms in total. The fraction of sp³-hybridized carbons (Fsp3) is 0.464. The summed E-state index contributed by atoms with van der Waals surface area (Å²) in [6.45, 7) is 8.62. The lowest BCUT2D eigenvalue weighted by Gasteiger charge is -2.48. The third-order valence-corrected chi connectivity index (χ3v) is 8.22. The van der Waals surface area contributed by atoms with Crippen LogP contribution < -0.4 is 4.90 Å². The van der Waals surface area contributed by atoms with E-state index in [0.29, 0.717) is 18.2 Å². The number of rotatable bonds is 4. The average molecular weight is 484 g/mol. The molecule has 4 fully saturated rings. The normalized spacial score (nSPS) is 22.8. The Labute approximate surface area is 211 Å². The molecule has 0 saturated carbocycles. The quantitative estimate of drug-likeness (QED) is 0.465. The Morgan fingerprint density at radius 1 is 1.00 bits per heavy atom. The highest BCUT2D eigenvalue weighted by Crippen LogP contribution is 2.37. The summed E-state index contributed by atoms with van der Waals surface area (Å²) in [6, 6.07) is 4.97. The van der Waals surface area contributed by atoms with Crippen molar-refractivity contribution >= 4 is 16.9 Å². The van der Waals surface area contributed by atoms with Crippen LogP contribution in [0.15, 0.2) is 36.9 Å². The van der Waals surface area contributed by atoms with E-state index in [1.165, 1.54) is 23.2 Å². The van der Waals surface area contributed by atoms with Gasteiger partial charge in [0.1, 0.15) is 5.52 Å². The number of aromatic nitrogens is 5.